The first-order valence-corrected chi connectivity index (χ1v) is 5.78. The van der Waals surface area contributed by atoms with Crippen LogP contribution in [-0.4, -0.2) is 14.4 Å². The van der Waals surface area contributed by atoms with Gasteiger partial charge in [-0.15, -0.1) is 0 Å². The molecule has 0 aliphatic carbocycles. The first kappa shape index (κ1) is 11.1. The second kappa shape index (κ2) is 3.58. The third-order valence-corrected chi connectivity index (χ3v) is 2.87. The zero-order valence-electron chi connectivity index (χ0n) is 10.7. The Kier molecular flexibility index (Phi) is 2.49. The summed E-state index contributed by atoms with van der Waals surface area (Å²) in [7, 11) is 0. The molecule has 2 aromatic heterocycles. The van der Waals surface area contributed by atoms with Gasteiger partial charge in [0, 0.05) is 30.1 Å². The maximum atomic E-state index is 4.68. The summed E-state index contributed by atoms with van der Waals surface area (Å²) in [5.74, 6) is 1.08. The number of hydrogen-bond donors (Lipinski definition) is 0. The van der Waals surface area contributed by atoms with Gasteiger partial charge in [-0.2, -0.15) is 0 Å². The first-order chi connectivity index (χ1) is 7.45. The summed E-state index contributed by atoms with van der Waals surface area (Å²) in [5, 5.41) is 0. The summed E-state index contributed by atoms with van der Waals surface area (Å²) >= 11 is 0. The Morgan fingerprint density at radius 2 is 2.00 bits per heavy atom. The largest absolute Gasteiger partial charge is 0.288 e. The lowest BCUT2D eigenvalue weighted by Gasteiger charge is -2.22. The molecule has 0 unspecified atom stereocenters. The van der Waals surface area contributed by atoms with Crippen molar-refractivity contribution >= 4 is 5.65 Å². The molecule has 0 bridgehead atoms. The van der Waals surface area contributed by atoms with E-state index in [1.165, 1.54) is 5.56 Å². The fourth-order valence-corrected chi connectivity index (χ4v) is 2.29. The molecule has 0 amide bonds. The number of rotatable bonds is 1. The second-order valence-corrected chi connectivity index (χ2v) is 5.21. The van der Waals surface area contributed by atoms with E-state index in [-0.39, 0.29) is 5.41 Å². The van der Waals surface area contributed by atoms with Crippen LogP contribution >= 0.6 is 0 Å². The van der Waals surface area contributed by atoms with Crippen LogP contribution in [-0.2, 0) is 11.8 Å². The van der Waals surface area contributed by atoms with E-state index in [0.717, 1.165) is 23.6 Å². The minimum Gasteiger partial charge on any atom is -0.288 e. The molecule has 2 heterocycles. The van der Waals surface area contributed by atoms with E-state index in [4.69, 9.17) is 0 Å². The van der Waals surface area contributed by atoms with Crippen molar-refractivity contribution in [3.05, 3.63) is 29.5 Å². The summed E-state index contributed by atoms with van der Waals surface area (Å²) in [6, 6.07) is 0. The van der Waals surface area contributed by atoms with Crippen LogP contribution in [0.2, 0.25) is 0 Å². The fourth-order valence-electron chi connectivity index (χ4n) is 2.29. The highest BCUT2D eigenvalue weighted by atomic mass is 15.1. The molecule has 3 nitrogen and oxygen atoms in total. The molecule has 0 atom stereocenters. The summed E-state index contributed by atoms with van der Waals surface area (Å²) in [4.78, 5) is 9.16. The Morgan fingerprint density at radius 1 is 1.31 bits per heavy atom. The van der Waals surface area contributed by atoms with Crippen LogP contribution in [0.5, 0.6) is 0 Å². The number of imidazole rings is 1. The highest BCUT2D eigenvalue weighted by Gasteiger charge is 2.22. The van der Waals surface area contributed by atoms with Crippen molar-refractivity contribution in [2.24, 2.45) is 0 Å². The Labute approximate surface area is 96.5 Å². The van der Waals surface area contributed by atoms with Crippen LogP contribution in [0.25, 0.3) is 5.65 Å². The van der Waals surface area contributed by atoms with Gasteiger partial charge in [0.05, 0.1) is 0 Å². The highest BCUT2D eigenvalue weighted by Crippen LogP contribution is 2.28. The van der Waals surface area contributed by atoms with Crippen molar-refractivity contribution in [3.8, 4) is 0 Å². The van der Waals surface area contributed by atoms with Crippen molar-refractivity contribution in [3.63, 3.8) is 0 Å². The van der Waals surface area contributed by atoms with Gasteiger partial charge in [0.25, 0.3) is 0 Å². The van der Waals surface area contributed by atoms with Crippen molar-refractivity contribution in [1.82, 2.24) is 14.4 Å². The molecule has 2 aromatic rings. The molecule has 0 radical (unpaired) electrons. The second-order valence-electron chi connectivity index (χ2n) is 5.21. The van der Waals surface area contributed by atoms with Gasteiger partial charge in [0.2, 0.25) is 0 Å². The summed E-state index contributed by atoms with van der Waals surface area (Å²) in [6.07, 6.45) is 4.78. The topological polar surface area (TPSA) is 30.2 Å². The summed E-state index contributed by atoms with van der Waals surface area (Å²) < 4.78 is 2.10. The third-order valence-electron chi connectivity index (χ3n) is 2.87. The van der Waals surface area contributed by atoms with Gasteiger partial charge in [-0.25, -0.2) is 9.97 Å². The van der Waals surface area contributed by atoms with Crippen LogP contribution in [0.1, 0.15) is 44.8 Å². The quantitative estimate of drug-likeness (QED) is 0.735. The summed E-state index contributed by atoms with van der Waals surface area (Å²) in [6.45, 7) is 10.8. The van der Waals surface area contributed by atoms with Crippen molar-refractivity contribution in [2.75, 3.05) is 0 Å². The van der Waals surface area contributed by atoms with E-state index in [0.29, 0.717) is 0 Å². The van der Waals surface area contributed by atoms with Gasteiger partial charge >= 0.3 is 0 Å². The maximum absolute atomic E-state index is 4.68. The zero-order valence-corrected chi connectivity index (χ0v) is 10.7. The van der Waals surface area contributed by atoms with Crippen molar-refractivity contribution in [2.45, 2.75) is 46.5 Å². The zero-order chi connectivity index (χ0) is 11.9. The minimum atomic E-state index is 0.0793. The lowest BCUT2D eigenvalue weighted by atomic mass is 9.86. The molecule has 0 saturated carbocycles. The third kappa shape index (κ3) is 1.60. The van der Waals surface area contributed by atoms with E-state index in [2.05, 4.69) is 49.0 Å². The number of fused-ring (bicyclic) bond motifs is 1. The first-order valence-electron chi connectivity index (χ1n) is 5.78. The van der Waals surface area contributed by atoms with Crippen LogP contribution in [0, 0.1) is 6.92 Å². The standard InChI is InChI=1S/C13H19N3/c1-6-10-15-9(2)11(13(3,4)5)12-14-7-8-16(10)12/h7-8H,6H2,1-5H3. The van der Waals surface area contributed by atoms with Gasteiger partial charge in [-0.05, 0) is 12.3 Å². The molecule has 16 heavy (non-hydrogen) atoms. The Hall–Kier alpha value is -1.38. The molecule has 86 valence electrons. The smallest absolute Gasteiger partial charge is 0.143 e. The molecule has 2 rings (SSSR count). The molecular formula is C13H19N3. The molecule has 0 N–H and O–H groups in total. The van der Waals surface area contributed by atoms with Gasteiger partial charge in [0.1, 0.15) is 11.5 Å². The average molecular weight is 217 g/mol. The molecule has 3 heteroatoms. The van der Waals surface area contributed by atoms with E-state index in [1.807, 2.05) is 12.4 Å². The fraction of sp³-hybridized carbons (Fsp3) is 0.538. The molecule has 0 aliphatic heterocycles. The lowest BCUT2D eigenvalue weighted by molar-refractivity contribution is 0.580. The van der Waals surface area contributed by atoms with Crippen molar-refractivity contribution in [1.29, 1.82) is 0 Å². The predicted octanol–water partition coefficient (Wildman–Crippen LogP) is 2.90. The molecule has 0 fully saturated rings. The Bertz CT molecular complexity index is 518. The van der Waals surface area contributed by atoms with Gasteiger partial charge < -0.3 is 0 Å². The average Bonchev–Trinajstić information content (AvgIpc) is 2.62. The Balaban J connectivity index is 2.85. The normalized spacial score (nSPS) is 12.3. The van der Waals surface area contributed by atoms with E-state index < -0.39 is 0 Å². The lowest BCUT2D eigenvalue weighted by Crippen LogP contribution is -2.18. The van der Waals surface area contributed by atoms with Crippen molar-refractivity contribution < 1.29 is 0 Å². The number of aromatic nitrogens is 3. The van der Waals surface area contributed by atoms with Gasteiger partial charge in [-0.3, -0.25) is 4.40 Å². The van der Waals surface area contributed by atoms with E-state index in [9.17, 15) is 0 Å². The van der Waals surface area contributed by atoms with Crippen LogP contribution in [0.4, 0.5) is 0 Å². The van der Waals surface area contributed by atoms with Gasteiger partial charge in [0.15, 0.2) is 0 Å². The molecule has 0 spiro atoms. The highest BCUT2D eigenvalue weighted by molar-refractivity contribution is 5.53. The van der Waals surface area contributed by atoms with E-state index >= 15 is 0 Å². The molecule has 0 aliphatic rings. The number of aryl methyl sites for hydroxylation is 2. The number of nitrogens with zero attached hydrogens (tertiary/aromatic N) is 3. The number of hydrogen-bond acceptors (Lipinski definition) is 2. The SMILES string of the molecule is CCc1nc(C)c(C(C)(C)C)c2nccn12. The van der Waals surface area contributed by atoms with Crippen LogP contribution in [0.3, 0.4) is 0 Å². The van der Waals surface area contributed by atoms with Crippen LogP contribution < -0.4 is 0 Å². The van der Waals surface area contributed by atoms with Crippen LogP contribution in [0.15, 0.2) is 12.4 Å². The van der Waals surface area contributed by atoms with E-state index in [1.54, 1.807) is 0 Å². The minimum absolute atomic E-state index is 0.0793. The summed E-state index contributed by atoms with van der Waals surface area (Å²) in [5.41, 5.74) is 3.48. The predicted molar refractivity (Wildman–Crippen MR) is 65.8 cm³/mol. The maximum Gasteiger partial charge on any atom is 0.143 e. The van der Waals surface area contributed by atoms with Gasteiger partial charge in [-0.1, -0.05) is 27.7 Å². The monoisotopic (exact) mass is 217 g/mol. The molecular weight excluding hydrogens is 198 g/mol. The Morgan fingerprint density at radius 3 is 2.56 bits per heavy atom. The molecule has 0 saturated heterocycles. The molecule has 0 aromatic carbocycles.